The number of carbonyl (C=O) groups is 1. The Morgan fingerprint density at radius 2 is 1.87 bits per heavy atom. The summed E-state index contributed by atoms with van der Waals surface area (Å²) in [5, 5.41) is 0. The van der Waals surface area contributed by atoms with E-state index < -0.39 is 10.1 Å². The number of amides is 1. The Labute approximate surface area is 178 Å². The van der Waals surface area contributed by atoms with Crippen LogP contribution in [0.5, 0.6) is 5.75 Å². The molecule has 0 N–H and O–H groups in total. The van der Waals surface area contributed by atoms with E-state index in [1.54, 1.807) is 24.3 Å². The lowest BCUT2D eigenvalue weighted by Crippen LogP contribution is -2.39. The Morgan fingerprint density at radius 3 is 2.43 bits per heavy atom. The quantitative estimate of drug-likeness (QED) is 0.566. The summed E-state index contributed by atoms with van der Waals surface area (Å²) < 4.78 is 33.3. The Bertz CT molecular complexity index is 922. The number of nitrogens with zero attached hydrogens (tertiary/aromatic N) is 1. The van der Waals surface area contributed by atoms with Gasteiger partial charge in [0.2, 0.25) is 5.91 Å². The van der Waals surface area contributed by atoms with Crippen LogP contribution in [0.4, 0.5) is 0 Å². The van der Waals surface area contributed by atoms with Gasteiger partial charge in [0.05, 0.1) is 18.3 Å². The minimum absolute atomic E-state index is 0.0510. The van der Waals surface area contributed by atoms with E-state index in [9.17, 15) is 13.2 Å². The van der Waals surface area contributed by atoms with Gasteiger partial charge in [0, 0.05) is 19.7 Å². The van der Waals surface area contributed by atoms with Crippen molar-refractivity contribution in [2.24, 2.45) is 0 Å². The molecule has 1 fully saturated rings. The average molecular weight is 432 g/mol. The zero-order valence-electron chi connectivity index (χ0n) is 17.5. The van der Waals surface area contributed by atoms with Crippen molar-refractivity contribution >= 4 is 16.0 Å². The third-order valence-corrected chi connectivity index (χ3v) is 5.71. The van der Waals surface area contributed by atoms with Gasteiger partial charge in [-0.1, -0.05) is 49.4 Å². The Hall–Kier alpha value is -2.38. The van der Waals surface area contributed by atoms with E-state index in [1.807, 2.05) is 42.2 Å². The van der Waals surface area contributed by atoms with Crippen molar-refractivity contribution in [1.82, 2.24) is 4.90 Å². The third kappa shape index (κ3) is 6.31. The largest absolute Gasteiger partial charge is 0.383 e. The zero-order valence-corrected chi connectivity index (χ0v) is 18.3. The molecule has 6 nitrogen and oxygen atoms in total. The summed E-state index contributed by atoms with van der Waals surface area (Å²) >= 11 is 0. The predicted octanol–water partition coefficient (Wildman–Crippen LogP) is 3.73. The first-order valence-corrected chi connectivity index (χ1v) is 12.1. The van der Waals surface area contributed by atoms with Crippen molar-refractivity contribution < 1.29 is 22.1 Å². The topological polar surface area (TPSA) is 72.9 Å². The van der Waals surface area contributed by atoms with Gasteiger partial charge in [-0.3, -0.25) is 4.79 Å². The standard InChI is InChI=1S/C23H29NO5S/c1-3-22(19-8-5-4-6-9-19)23(25)24(17-21-10-7-15-28-21)16-18-11-13-20(14-12-18)29-30(2,26)27/h4-6,8-9,11-14,21-22H,3,7,10,15-17H2,1-2H3. The average Bonchev–Trinajstić information content (AvgIpc) is 3.22. The molecule has 2 aromatic carbocycles. The molecule has 7 heteroatoms. The van der Waals surface area contributed by atoms with Gasteiger partial charge in [-0.25, -0.2) is 0 Å². The smallest absolute Gasteiger partial charge is 0.306 e. The van der Waals surface area contributed by atoms with Crippen LogP contribution in [-0.4, -0.2) is 44.7 Å². The number of benzene rings is 2. The van der Waals surface area contributed by atoms with Crippen LogP contribution in [-0.2, 0) is 26.2 Å². The molecule has 0 saturated carbocycles. The van der Waals surface area contributed by atoms with Gasteiger partial charge in [0.25, 0.3) is 0 Å². The molecule has 2 unspecified atom stereocenters. The van der Waals surface area contributed by atoms with Gasteiger partial charge in [-0.2, -0.15) is 8.42 Å². The van der Waals surface area contributed by atoms with E-state index in [2.05, 4.69) is 0 Å². The fraction of sp³-hybridized carbons (Fsp3) is 0.435. The van der Waals surface area contributed by atoms with Crippen molar-refractivity contribution in [2.75, 3.05) is 19.4 Å². The molecule has 1 aliphatic rings. The lowest BCUT2D eigenvalue weighted by atomic mass is 9.94. The first-order chi connectivity index (χ1) is 14.4. The molecule has 1 heterocycles. The van der Waals surface area contributed by atoms with E-state index in [0.29, 0.717) is 19.5 Å². The molecule has 0 spiro atoms. The normalized spacial score (nSPS) is 17.5. The van der Waals surface area contributed by atoms with Gasteiger partial charge in [-0.15, -0.1) is 0 Å². The lowest BCUT2D eigenvalue weighted by molar-refractivity contribution is -0.135. The minimum Gasteiger partial charge on any atom is -0.383 e. The first-order valence-electron chi connectivity index (χ1n) is 10.3. The summed E-state index contributed by atoms with van der Waals surface area (Å²) in [6, 6.07) is 16.7. The summed E-state index contributed by atoms with van der Waals surface area (Å²) in [5.41, 5.74) is 1.92. The highest BCUT2D eigenvalue weighted by Crippen LogP contribution is 2.25. The van der Waals surface area contributed by atoms with E-state index in [4.69, 9.17) is 8.92 Å². The predicted molar refractivity (Wildman–Crippen MR) is 116 cm³/mol. The number of rotatable bonds is 9. The monoisotopic (exact) mass is 431 g/mol. The molecule has 30 heavy (non-hydrogen) atoms. The van der Waals surface area contributed by atoms with Gasteiger partial charge < -0.3 is 13.8 Å². The maximum absolute atomic E-state index is 13.5. The van der Waals surface area contributed by atoms with Crippen molar-refractivity contribution in [1.29, 1.82) is 0 Å². The number of ether oxygens (including phenoxy) is 1. The number of hydrogen-bond donors (Lipinski definition) is 0. The maximum atomic E-state index is 13.5. The Balaban J connectivity index is 1.78. The minimum atomic E-state index is -3.57. The van der Waals surface area contributed by atoms with Crippen LogP contribution in [0.2, 0.25) is 0 Å². The second-order valence-electron chi connectivity index (χ2n) is 7.66. The molecule has 1 saturated heterocycles. The van der Waals surface area contributed by atoms with Gasteiger partial charge in [-0.05, 0) is 42.5 Å². The maximum Gasteiger partial charge on any atom is 0.306 e. The Morgan fingerprint density at radius 1 is 1.17 bits per heavy atom. The second-order valence-corrected chi connectivity index (χ2v) is 9.23. The van der Waals surface area contributed by atoms with Crippen molar-refractivity contribution in [3.8, 4) is 5.75 Å². The van der Waals surface area contributed by atoms with E-state index in [0.717, 1.165) is 36.8 Å². The molecule has 1 amide bonds. The SMILES string of the molecule is CCC(C(=O)N(Cc1ccc(OS(C)(=O)=O)cc1)CC1CCCO1)c1ccccc1. The van der Waals surface area contributed by atoms with Crippen LogP contribution < -0.4 is 4.18 Å². The molecule has 2 aromatic rings. The van der Waals surface area contributed by atoms with Gasteiger partial charge in [0.1, 0.15) is 5.75 Å². The molecule has 162 valence electrons. The molecule has 0 radical (unpaired) electrons. The second kappa shape index (κ2) is 10.1. The highest BCUT2D eigenvalue weighted by molar-refractivity contribution is 7.86. The molecule has 2 atom stereocenters. The molecule has 0 aliphatic carbocycles. The zero-order chi connectivity index (χ0) is 21.6. The van der Waals surface area contributed by atoms with Crippen LogP contribution in [0.15, 0.2) is 54.6 Å². The highest BCUT2D eigenvalue weighted by Gasteiger charge is 2.28. The highest BCUT2D eigenvalue weighted by atomic mass is 32.2. The summed E-state index contributed by atoms with van der Waals surface area (Å²) in [5.74, 6) is 0.130. The van der Waals surface area contributed by atoms with Crippen molar-refractivity contribution in [3.05, 3.63) is 65.7 Å². The van der Waals surface area contributed by atoms with E-state index >= 15 is 0 Å². The summed E-state index contributed by atoms with van der Waals surface area (Å²) in [6.07, 6.45) is 3.74. The first kappa shape index (κ1) is 22.3. The van der Waals surface area contributed by atoms with E-state index in [-0.39, 0.29) is 23.7 Å². The molecule has 3 rings (SSSR count). The molecule has 1 aliphatic heterocycles. The van der Waals surface area contributed by atoms with Crippen LogP contribution >= 0.6 is 0 Å². The van der Waals surface area contributed by atoms with Crippen LogP contribution in [0.1, 0.15) is 43.2 Å². The summed E-state index contributed by atoms with van der Waals surface area (Å²) in [7, 11) is -3.57. The number of hydrogen-bond acceptors (Lipinski definition) is 5. The molecular formula is C23H29NO5S. The molecule has 0 bridgehead atoms. The lowest BCUT2D eigenvalue weighted by Gasteiger charge is -2.29. The number of carbonyl (C=O) groups excluding carboxylic acids is 1. The summed E-state index contributed by atoms with van der Waals surface area (Å²) in [6.45, 7) is 3.74. The van der Waals surface area contributed by atoms with Crippen molar-refractivity contribution in [3.63, 3.8) is 0 Å². The fourth-order valence-corrected chi connectivity index (χ4v) is 4.23. The van der Waals surface area contributed by atoms with Crippen LogP contribution in [0.25, 0.3) is 0 Å². The van der Waals surface area contributed by atoms with Gasteiger partial charge in [0.15, 0.2) is 0 Å². The molecule has 0 aromatic heterocycles. The fourth-order valence-electron chi connectivity index (χ4n) is 3.77. The van der Waals surface area contributed by atoms with Gasteiger partial charge >= 0.3 is 10.1 Å². The Kier molecular flexibility index (Phi) is 7.50. The van der Waals surface area contributed by atoms with Crippen molar-refractivity contribution in [2.45, 2.75) is 44.8 Å². The third-order valence-electron chi connectivity index (χ3n) is 5.21. The van der Waals surface area contributed by atoms with Crippen LogP contribution in [0, 0.1) is 0 Å². The summed E-state index contributed by atoms with van der Waals surface area (Å²) in [4.78, 5) is 15.4. The van der Waals surface area contributed by atoms with E-state index in [1.165, 1.54) is 0 Å². The molecular weight excluding hydrogens is 402 g/mol. The van der Waals surface area contributed by atoms with Crippen LogP contribution in [0.3, 0.4) is 0 Å².